The van der Waals surface area contributed by atoms with E-state index >= 15 is 0 Å². The van der Waals surface area contributed by atoms with Gasteiger partial charge >= 0.3 is 0 Å². The number of nitrogens with one attached hydrogen (secondary N) is 2. The molecule has 1 aromatic carbocycles. The average Bonchev–Trinajstić information content (AvgIpc) is 3.26. The normalized spacial score (nSPS) is 16.6. The second kappa shape index (κ2) is 8.80. The number of nitrogens with zero attached hydrogens (tertiary/aromatic N) is 2. The second-order valence-corrected chi connectivity index (χ2v) is 5.83. The van der Waals surface area contributed by atoms with Crippen molar-refractivity contribution >= 4 is 18.3 Å². The molecule has 0 spiro atoms. The van der Waals surface area contributed by atoms with E-state index in [2.05, 4.69) is 27.7 Å². The van der Waals surface area contributed by atoms with Crippen LogP contribution in [0.3, 0.4) is 0 Å². The van der Waals surface area contributed by atoms with Crippen LogP contribution in [-0.2, 0) is 0 Å². The van der Waals surface area contributed by atoms with E-state index in [-0.39, 0.29) is 18.3 Å². The molecule has 6 nitrogen and oxygen atoms in total. The van der Waals surface area contributed by atoms with Crippen LogP contribution in [0.1, 0.15) is 48.4 Å². The molecule has 1 aliphatic rings. The van der Waals surface area contributed by atoms with Gasteiger partial charge in [-0.25, -0.2) is 0 Å². The van der Waals surface area contributed by atoms with E-state index in [0.29, 0.717) is 29.7 Å². The number of rotatable bonds is 6. The lowest BCUT2D eigenvalue weighted by molar-refractivity contribution is 0.0953. The quantitative estimate of drug-likeness (QED) is 0.783. The third-order valence-electron chi connectivity index (χ3n) is 4.07. The molecule has 7 heteroatoms. The maximum atomic E-state index is 12.0. The molecule has 130 valence electrons. The van der Waals surface area contributed by atoms with Crippen LogP contribution in [0.4, 0.5) is 0 Å². The van der Waals surface area contributed by atoms with Gasteiger partial charge in [0.05, 0.1) is 5.92 Å². The predicted molar refractivity (Wildman–Crippen MR) is 94.5 cm³/mol. The topological polar surface area (TPSA) is 80.0 Å². The summed E-state index contributed by atoms with van der Waals surface area (Å²) in [5, 5.41) is 10.2. The number of amides is 1. The predicted octanol–water partition coefficient (Wildman–Crippen LogP) is 2.77. The van der Waals surface area contributed by atoms with Crippen LogP contribution in [0.25, 0.3) is 11.4 Å². The lowest BCUT2D eigenvalue weighted by Gasteiger charge is -2.04. The Hall–Kier alpha value is -1.92. The number of hydrogen-bond donors (Lipinski definition) is 2. The zero-order valence-electron chi connectivity index (χ0n) is 13.7. The lowest BCUT2D eigenvalue weighted by Crippen LogP contribution is -2.24. The van der Waals surface area contributed by atoms with Crippen molar-refractivity contribution < 1.29 is 9.32 Å². The molecule has 0 bridgehead atoms. The van der Waals surface area contributed by atoms with E-state index < -0.39 is 0 Å². The fraction of sp³-hybridized carbons (Fsp3) is 0.471. The monoisotopic (exact) mass is 350 g/mol. The van der Waals surface area contributed by atoms with E-state index in [4.69, 9.17) is 4.52 Å². The first-order valence-corrected chi connectivity index (χ1v) is 8.21. The number of benzene rings is 1. The van der Waals surface area contributed by atoms with Crippen molar-refractivity contribution in [3.63, 3.8) is 0 Å². The molecule has 1 aliphatic heterocycles. The highest BCUT2D eigenvalue weighted by molar-refractivity contribution is 5.94. The van der Waals surface area contributed by atoms with Crippen molar-refractivity contribution in [3.8, 4) is 11.4 Å². The molecular weight excluding hydrogens is 328 g/mol. The Bertz CT molecular complexity index is 651. The van der Waals surface area contributed by atoms with Crippen molar-refractivity contribution in [2.24, 2.45) is 0 Å². The summed E-state index contributed by atoms with van der Waals surface area (Å²) in [7, 11) is 0. The van der Waals surface area contributed by atoms with Crippen molar-refractivity contribution in [1.29, 1.82) is 0 Å². The number of carbonyl (C=O) groups excluding carboxylic acids is 1. The molecule has 0 radical (unpaired) electrons. The molecule has 1 saturated heterocycles. The lowest BCUT2D eigenvalue weighted by atomic mass is 10.1. The molecule has 2 heterocycles. The molecule has 1 unspecified atom stereocenters. The molecule has 2 N–H and O–H groups in total. The third kappa shape index (κ3) is 4.33. The van der Waals surface area contributed by atoms with Gasteiger partial charge in [-0.3, -0.25) is 4.79 Å². The van der Waals surface area contributed by atoms with Crippen LogP contribution in [0.5, 0.6) is 0 Å². The summed E-state index contributed by atoms with van der Waals surface area (Å²) in [5.74, 6) is 1.52. The fourth-order valence-electron chi connectivity index (χ4n) is 2.64. The van der Waals surface area contributed by atoms with Crippen molar-refractivity contribution in [1.82, 2.24) is 20.8 Å². The van der Waals surface area contributed by atoms with Gasteiger partial charge in [-0.1, -0.05) is 30.6 Å². The summed E-state index contributed by atoms with van der Waals surface area (Å²) in [6.45, 7) is 4.69. The zero-order chi connectivity index (χ0) is 16.1. The minimum Gasteiger partial charge on any atom is -0.352 e. The first-order chi connectivity index (χ1) is 11.3. The van der Waals surface area contributed by atoms with Gasteiger partial charge in [-0.05, 0) is 31.5 Å². The number of carbonyl (C=O) groups is 1. The van der Waals surface area contributed by atoms with Gasteiger partial charge in [0.15, 0.2) is 0 Å². The van der Waals surface area contributed by atoms with Crippen LogP contribution in [0, 0.1) is 0 Å². The van der Waals surface area contributed by atoms with Gasteiger partial charge in [0.25, 0.3) is 5.91 Å². The smallest absolute Gasteiger partial charge is 0.251 e. The average molecular weight is 351 g/mol. The summed E-state index contributed by atoms with van der Waals surface area (Å²) in [6, 6.07) is 7.31. The first-order valence-electron chi connectivity index (χ1n) is 8.21. The van der Waals surface area contributed by atoms with Gasteiger partial charge in [0, 0.05) is 24.2 Å². The zero-order valence-corrected chi connectivity index (χ0v) is 14.6. The van der Waals surface area contributed by atoms with E-state index in [0.717, 1.165) is 37.9 Å². The molecule has 24 heavy (non-hydrogen) atoms. The minimum absolute atomic E-state index is 0. The summed E-state index contributed by atoms with van der Waals surface area (Å²) in [4.78, 5) is 16.5. The Balaban J connectivity index is 0.00000208. The second-order valence-electron chi connectivity index (χ2n) is 5.83. The fourth-order valence-corrected chi connectivity index (χ4v) is 2.64. The van der Waals surface area contributed by atoms with Gasteiger partial charge in [-0.15, -0.1) is 12.4 Å². The van der Waals surface area contributed by atoms with E-state index in [1.165, 1.54) is 0 Å². The molecular formula is C17H23ClN4O2. The highest BCUT2D eigenvalue weighted by atomic mass is 35.5. The minimum atomic E-state index is -0.0455. The maximum absolute atomic E-state index is 12.0. The van der Waals surface area contributed by atoms with Crippen LogP contribution >= 0.6 is 12.4 Å². The summed E-state index contributed by atoms with van der Waals surface area (Å²) < 4.78 is 5.37. The molecule has 0 aliphatic carbocycles. The molecule has 1 aromatic heterocycles. The highest BCUT2D eigenvalue weighted by Gasteiger charge is 2.23. The number of aromatic nitrogens is 2. The summed E-state index contributed by atoms with van der Waals surface area (Å²) in [5.41, 5.74) is 1.50. The Labute approximate surface area is 147 Å². The number of unbranched alkanes of at least 4 members (excludes halogenated alkanes) is 1. The SMILES string of the molecule is CCCCNC(=O)c1ccc(-c2noc(C3CCNC3)n2)cc1.Cl. The Morgan fingerprint density at radius 3 is 2.83 bits per heavy atom. The van der Waals surface area contributed by atoms with Crippen LogP contribution in [0.15, 0.2) is 28.8 Å². The van der Waals surface area contributed by atoms with E-state index in [1.54, 1.807) is 12.1 Å². The van der Waals surface area contributed by atoms with Crippen molar-refractivity contribution in [2.75, 3.05) is 19.6 Å². The van der Waals surface area contributed by atoms with Gasteiger partial charge in [-0.2, -0.15) is 4.98 Å². The van der Waals surface area contributed by atoms with Gasteiger partial charge in [0.1, 0.15) is 0 Å². The Kier molecular flexibility index (Phi) is 6.75. The first kappa shape index (κ1) is 18.4. The maximum Gasteiger partial charge on any atom is 0.251 e. The molecule has 1 atom stereocenters. The summed E-state index contributed by atoms with van der Waals surface area (Å²) >= 11 is 0. The van der Waals surface area contributed by atoms with Gasteiger partial charge < -0.3 is 15.2 Å². The molecule has 0 saturated carbocycles. The molecule has 1 amide bonds. The summed E-state index contributed by atoms with van der Waals surface area (Å²) in [6.07, 6.45) is 3.08. The standard InChI is InChI=1S/C17H22N4O2.ClH/c1-2-3-9-19-16(22)13-6-4-12(5-7-13)15-20-17(23-21-15)14-8-10-18-11-14;/h4-7,14,18H,2-3,8-11H2,1H3,(H,19,22);1H. The van der Waals surface area contributed by atoms with Gasteiger partial charge in [0.2, 0.25) is 11.7 Å². The van der Waals surface area contributed by atoms with Crippen molar-refractivity contribution in [3.05, 3.63) is 35.7 Å². The highest BCUT2D eigenvalue weighted by Crippen LogP contribution is 2.24. The van der Waals surface area contributed by atoms with E-state index in [1.807, 2.05) is 12.1 Å². The number of halogens is 1. The largest absolute Gasteiger partial charge is 0.352 e. The van der Waals surface area contributed by atoms with Crippen LogP contribution < -0.4 is 10.6 Å². The number of hydrogen-bond acceptors (Lipinski definition) is 5. The van der Waals surface area contributed by atoms with Crippen LogP contribution in [-0.4, -0.2) is 35.7 Å². The Morgan fingerprint density at radius 1 is 1.38 bits per heavy atom. The molecule has 2 aromatic rings. The van der Waals surface area contributed by atoms with Crippen LogP contribution in [0.2, 0.25) is 0 Å². The molecule has 1 fully saturated rings. The van der Waals surface area contributed by atoms with Crippen molar-refractivity contribution in [2.45, 2.75) is 32.1 Å². The molecule has 3 rings (SSSR count). The Morgan fingerprint density at radius 2 is 2.17 bits per heavy atom. The van der Waals surface area contributed by atoms with E-state index in [9.17, 15) is 4.79 Å². The third-order valence-corrected chi connectivity index (χ3v) is 4.07.